The molecule has 0 aliphatic carbocycles. The third kappa shape index (κ3) is 3.57. The molecule has 1 spiro atoms. The number of nitrogens with zero attached hydrogens (tertiary/aromatic N) is 2. The molecule has 4 amide bonds. The predicted octanol–water partition coefficient (Wildman–Crippen LogP) is 1.20. The minimum absolute atomic E-state index is 0.125. The molecule has 1 aromatic carbocycles. The summed E-state index contributed by atoms with van der Waals surface area (Å²) >= 11 is 0. The second kappa shape index (κ2) is 7.84. The fraction of sp³-hybridized carbons (Fsp3) is 0.565. The molecule has 0 aromatic heterocycles. The first-order valence-electron chi connectivity index (χ1n) is 11.3. The Morgan fingerprint density at radius 3 is 2.65 bits per heavy atom. The molecule has 2 unspecified atom stereocenters. The van der Waals surface area contributed by atoms with Crippen LogP contribution in [0.5, 0.6) is 0 Å². The Balaban J connectivity index is 1.38. The topological polar surface area (TPSA) is 98.8 Å². The van der Waals surface area contributed by atoms with Crippen molar-refractivity contribution in [3.63, 3.8) is 0 Å². The van der Waals surface area contributed by atoms with Crippen LogP contribution in [0.1, 0.15) is 71.2 Å². The Morgan fingerprint density at radius 2 is 1.87 bits per heavy atom. The van der Waals surface area contributed by atoms with Gasteiger partial charge in [0.1, 0.15) is 6.04 Å². The molecule has 3 saturated heterocycles. The Hall–Kier alpha value is -2.58. The number of fused-ring (bicyclic) bond motifs is 1. The van der Waals surface area contributed by atoms with Crippen molar-refractivity contribution in [1.82, 2.24) is 20.4 Å². The zero-order valence-electron chi connectivity index (χ0n) is 17.6. The second-order valence-corrected chi connectivity index (χ2v) is 9.27. The Bertz CT molecular complexity index is 947. The van der Waals surface area contributed by atoms with Gasteiger partial charge in [0.2, 0.25) is 11.8 Å². The summed E-state index contributed by atoms with van der Waals surface area (Å²) in [6, 6.07) is 4.45. The molecule has 8 heteroatoms. The lowest BCUT2D eigenvalue weighted by Crippen LogP contribution is -2.58. The third-order valence-electron chi connectivity index (χ3n) is 7.19. The zero-order valence-corrected chi connectivity index (χ0v) is 17.6. The van der Waals surface area contributed by atoms with Crippen LogP contribution in [-0.4, -0.2) is 64.6 Å². The molecule has 0 bridgehead atoms. The lowest BCUT2D eigenvalue weighted by molar-refractivity contribution is -0.136. The summed E-state index contributed by atoms with van der Waals surface area (Å²) in [6.07, 6.45) is 6.23. The minimum Gasteiger partial charge on any atom is -0.310 e. The molecule has 164 valence electrons. The van der Waals surface area contributed by atoms with Crippen molar-refractivity contribution < 1.29 is 19.2 Å². The minimum atomic E-state index is -0.928. The van der Waals surface area contributed by atoms with E-state index in [4.69, 9.17) is 0 Å². The SMILES string of the molecule is O=C1CCC(N2C(=O)c3cccc(CN4CCCC5(CCCCN5)C4)c3C2=O)C(=O)N1. The van der Waals surface area contributed by atoms with Gasteiger partial charge in [-0.1, -0.05) is 18.6 Å². The van der Waals surface area contributed by atoms with E-state index in [1.54, 1.807) is 6.07 Å². The van der Waals surface area contributed by atoms with E-state index in [9.17, 15) is 19.2 Å². The predicted molar refractivity (Wildman–Crippen MR) is 112 cm³/mol. The summed E-state index contributed by atoms with van der Waals surface area (Å²) in [7, 11) is 0. The van der Waals surface area contributed by atoms with Crippen LogP contribution in [0.3, 0.4) is 0 Å². The van der Waals surface area contributed by atoms with Gasteiger partial charge in [-0.2, -0.15) is 0 Å². The van der Waals surface area contributed by atoms with Gasteiger partial charge in [0.05, 0.1) is 11.1 Å². The first kappa shape index (κ1) is 20.3. The fourth-order valence-corrected chi connectivity index (χ4v) is 5.70. The van der Waals surface area contributed by atoms with Crippen LogP contribution in [0.15, 0.2) is 18.2 Å². The monoisotopic (exact) mass is 424 g/mol. The molecule has 4 aliphatic rings. The number of hydrogen-bond acceptors (Lipinski definition) is 6. The smallest absolute Gasteiger partial charge is 0.262 e. The van der Waals surface area contributed by atoms with Crippen molar-refractivity contribution in [2.24, 2.45) is 0 Å². The third-order valence-corrected chi connectivity index (χ3v) is 7.19. The van der Waals surface area contributed by atoms with Gasteiger partial charge in [0, 0.05) is 25.0 Å². The van der Waals surface area contributed by atoms with Crippen LogP contribution in [0.25, 0.3) is 0 Å². The molecule has 2 N–H and O–H groups in total. The highest BCUT2D eigenvalue weighted by molar-refractivity contribution is 6.24. The van der Waals surface area contributed by atoms with Gasteiger partial charge in [0.15, 0.2) is 0 Å². The number of carbonyl (C=O) groups excluding carboxylic acids is 4. The summed E-state index contributed by atoms with van der Waals surface area (Å²) in [5.41, 5.74) is 1.76. The number of hydrogen-bond donors (Lipinski definition) is 2. The highest BCUT2D eigenvalue weighted by Gasteiger charge is 2.46. The van der Waals surface area contributed by atoms with Crippen LogP contribution in [0.2, 0.25) is 0 Å². The van der Waals surface area contributed by atoms with E-state index in [1.165, 1.54) is 25.7 Å². The molecule has 2 atom stereocenters. The van der Waals surface area contributed by atoms with Gasteiger partial charge in [-0.3, -0.25) is 34.3 Å². The number of rotatable bonds is 3. The van der Waals surface area contributed by atoms with Gasteiger partial charge in [0.25, 0.3) is 11.8 Å². The summed E-state index contributed by atoms with van der Waals surface area (Å²) in [5.74, 6) is -1.81. The lowest BCUT2D eigenvalue weighted by Gasteiger charge is -2.46. The number of piperidine rings is 3. The molecule has 4 heterocycles. The van der Waals surface area contributed by atoms with Crippen molar-refractivity contribution in [2.45, 2.75) is 63.1 Å². The van der Waals surface area contributed by atoms with Gasteiger partial charge in [-0.25, -0.2) is 0 Å². The van der Waals surface area contributed by atoms with E-state index < -0.39 is 23.8 Å². The number of benzene rings is 1. The van der Waals surface area contributed by atoms with Crippen LogP contribution in [0, 0.1) is 0 Å². The number of imide groups is 2. The molecule has 31 heavy (non-hydrogen) atoms. The molecule has 4 aliphatic heterocycles. The number of amides is 4. The average molecular weight is 425 g/mol. The van der Waals surface area contributed by atoms with E-state index in [1.807, 2.05) is 12.1 Å². The summed E-state index contributed by atoms with van der Waals surface area (Å²) in [5, 5.41) is 5.98. The van der Waals surface area contributed by atoms with E-state index in [0.717, 1.165) is 36.5 Å². The highest BCUT2D eigenvalue weighted by Crippen LogP contribution is 2.33. The second-order valence-electron chi connectivity index (χ2n) is 9.27. The molecule has 0 radical (unpaired) electrons. The largest absolute Gasteiger partial charge is 0.310 e. The van der Waals surface area contributed by atoms with E-state index in [-0.39, 0.29) is 24.3 Å². The standard InChI is InChI=1S/C23H28N4O4/c28-18-8-7-17(20(29)25-18)27-21(30)16-6-3-5-15(19(16)22(27)31)13-26-12-4-10-23(14-26)9-1-2-11-24-23/h3,5-6,17,24H,1-2,4,7-14H2,(H,25,28,29). The summed E-state index contributed by atoms with van der Waals surface area (Å²) in [6.45, 7) is 3.57. The normalized spacial score (nSPS) is 29.4. The van der Waals surface area contributed by atoms with Crippen molar-refractivity contribution >= 4 is 23.6 Å². The van der Waals surface area contributed by atoms with Gasteiger partial charge in [-0.05, 0) is 56.8 Å². The first-order chi connectivity index (χ1) is 15.0. The van der Waals surface area contributed by atoms with Crippen LogP contribution >= 0.6 is 0 Å². The van der Waals surface area contributed by atoms with Crippen molar-refractivity contribution in [2.75, 3.05) is 19.6 Å². The van der Waals surface area contributed by atoms with Crippen molar-refractivity contribution in [3.05, 3.63) is 34.9 Å². The molecular weight excluding hydrogens is 396 g/mol. The molecule has 8 nitrogen and oxygen atoms in total. The quantitative estimate of drug-likeness (QED) is 0.708. The Morgan fingerprint density at radius 1 is 1.03 bits per heavy atom. The van der Waals surface area contributed by atoms with Gasteiger partial charge < -0.3 is 5.32 Å². The van der Waals surface area contributed by atoms with Crippen LogP contribution in [0.4, 0.5) is 0 Å². The number of nitrogens with one attached hydrogen (secondary N) is 2. The maximum Gasteiger partial charge on any atom is 0.262 e. The lowest BCUT2D eigenvalue weighted by atomic mass is 9.81. The zero-order chi connectivity index (χ0) is 21.6. The molecule has 0 saturated carbocycles. The van der Waals surface area contributed by atoms with Crippen LogP contribution < -0.4 is 10.6 Å². The molecule has 1 aromatic rings. The molecule has 3 fully saturated rings. The maximum atomic E-state index is 13.3. The Labute approximate surface area is 181 Å². The first-order valence-corrected chi connectivity index (χ1v) is 11.3. The Kier molecular flexibility index (Phi) is 5.14. The van der Waals surface area contributed by atoms with Gasteiger partial charge in [-0.15, -0.1) is 0 Å². The van der Waals surface area contributed by atoms with Crippen LogP contribution in [-0.2, 0) is 16.1 Å². The summed E-state index contributed by atoms with van der Waals surface area (Å²) < 4.78 is 0. The highest BCUT2D eigenvalue weighted by atomic mass is 16.2. The molecule has 5 rings (SSSR count). The average Bonchev–Trinajstić information content (AvgIpc) is 3.00. The van der Waals surface area contributed by atoms with Crippen molar-refractivity contribution in [1.29, 1.82) is 0 Å². The van der Waals surface area contributed by atoms with Gasteiger partial charge >= 0.3 is 0 Å². The number of likely N-dealkylation sites (tertiary alicyclic amines) is 1. The molecular formula is C23H28N4O4. The van der Waals surface area contributed by atoms with E-state index in [0.29, 0.717) is 17.7 Å². The number of carbonyl (C=O) groups is 4. The summed E-state index contributed by atoms with van der Waals surface area (Å²) in [4.78, 5) is 53.6. The maximum absolute atomic E-state index is 13.3. The van der Waals surface area contributed by atoms with E-state index >= 15 is 0 Å². The fourth-order valence-electron chi connectivity index (χ4n) is 5.70. The van der Waals surface area contributed by atoms with E-state index in [2.05, 4.69) is 15.5 Å². The van der Waals surface area contributed by atoms with Crippen molar-refractivity contribution in [3.8, 4) is 0 Å².